The molecule has 0 heterocycles. The summed E-state index contributed by atoms with van der Waals surface area (Å²) in [6.07, 6.45) is 0. The summed E-state index contributed by atoms with van der Waals surface area (Å²) in [6.45, 7) is 4.14. The summed E-state index contributed by atoms with van der Waals surface area (Å²) in [6, 6.07) is 10.4. The summed E-state index contributed by atoms with van der Waals surface area (Å²) >= 11 is 6.09. The number of anilines is 1. The highest BCUT2D eigenvalue weighted by molar-refractivity contribution is 6.33. The van der Waals surface area contributed by atoms with E-state index in [4.69, 9.17) is 11.6 Å². The Morgan fingerprint density at radius 2 is 1.95 bits per heavy atom. The van der Waals surface area contributed by atoms with Gasteiger partial charge in [-0.3, -0.25) is 4.79 Å². The van der Waals surface area contributed by atoms with Gasteiger partial charge in [-0.15, -0.1) is 0 Å². The minimum atomic E-state index is -0.245. The molecule has 0 bridgehead atoms. The van der Waals surface area contributed by atoms with Crippen LogP contribution in [0.2, 0.25) is 5.02 Å². The second-order valence-electron chi connectivity index (χ2n) is 5.20. The van der Waals surface area contributed by atoms with Gasteiger partial charge in [0.05, 0.1) is 17.3 Å². The van der Waals surface area contributed by atoms with E-state index in [-0.39, 0.29) is 18.3 Å². The topological polar surface area (TPSA) is 41.1 Å². The van der Waals surface area contributed by atoms with Crippen molar-refractivity contribution in [3.8, 4) is 0 Å². The van der Waals surface area contributed by atoms with E-state index in [9.17, 15) is 9.18 Å². The van der Waals surface area contributed by atoms with Gasteiger partial charge in [0.25, 0.3) is 0 Å². The molecule has 22 heavy (non-hydrogen) atoms. The molecule has 0 aliphatic rings. The van der Waals surface area contributed by atoms with Crippen molar-refractivity contribution in [2.24, 2.45) is 0 Å². The average molecular weight is 321 g/mol. The zero-order valence-corrected chi connectivity index (χ0v) is 13.3. The van der Waals surface area contributed by atoms with Crippen LogP contribution in [0.15, 0.2) is 36.4 Å². The van der Waals surface area contributed by atoms with Gasteiger partial charge in [0, 0.05) is 6.54 Å². The first-order valence-corrected chi connectivity index (χ1v) is 7.35. The van der Waals surface area contributed by atoms with Crippen molar-refractivity contribution in [3.05, 3.63) is 63.9 Å². The normalized spacial score (nSPS) is 10.4. The third-order valence-corrected chi connectivity index (χ3v) is 3.59. The minimum Gasteiger partial charge on any atom is -0.375 e. The van der Waals surface area contributed by atoms with Gasteiger partial charge >= 0.3 is 0 Å². The molecular formula is C17H18ClFN2O. The monoisotopic (exact) mass is 320 g/mol. The van der Waals surface area contributed by atoms with Gasteiger partial charge in [0.15, 0.2) is 0 Å². The van der Waals surface area contributed by atoms with E-state index in [0.29, 0.717) is 17.1 Å². The van der Waals surface area contributed by atoms with E-state index in [2.05, 4.69) is 10.6 Å². The molecule has 3 nitrogen and oxygen atoms in total. The number of hydrogen-bond donors (Lipinski definition) is 2. The van der Waals surface area contributed by atoms with E-state index in [1.54, 1.807) is 19.1 Å². The third-order valence-electron chi connectivity index (χ3n) is 3.28. The number of carbonyl (C=O) groups is 1. The maximum atomic E-state index is 13.2. The zero-order valence-electron chi connectivity index (χ0n) is 12.5. The van der Waals surface area contributed by atoms with E-state index < -0.39 is 0 Å². The summed E-state index contributed by atoms with van der Waals surface area (Å²) < 4.78 is 13.2. The van der Waals surface area contributed by atoms with Crippen LogP contribution in [-0.4, -0.2) is 12.5 Å². The number of hydrogen-bond acceptors (Lipinski definition) is 2. The fourth-order valence-electron chi connectivity index (χ4n) is 2.02. The Morgan fingerprint density at radius 1 is 1.18 bits per heavy atom. The Kier molecular flexibility index (Phi) is 5.39. The van der Waals surface area contributed by atoms with Gasteiger partial charge in [-0.25, -0.2) is 4.39 Å². The zero-order chi connectivity index (χ0) is 16.1. The molecule has 0 saturated carbocycles. The highest BCUT2D eigenvalue weighted by atomic mass is 35.5. The Hall–Kier alpha value is -2.07. The van der Waals surface area contributed by atoms with Crippen LogP contribution >= 0.6 is 11.6 Å². The van der Waals surface area contributed by atoms with Crippen LogP contribution in [0.3, 0.4) is 0 Å². The molecule has 5 heteroatoms. The summed E-state index contributed by atoms with van der Waals surface area (Å²) in [7, 11) is 0. The van der Waals surface area contributed by atoms with Gasteiger partial charge in [-0.1, -0.05) is 29.8 Å². The number of benzene rings is 2. The van der Waals surface area contributed by atoms with Gasteiger partial charge < -0.3 is 10.6 Å². The van der Waals surface area contributed by atoms with E-state index in [0.717, 1.165) is 16.8 Å². The molecule has 0 unspecified atom stereocenters. The van der Waals surface area contributed by atoms with Crippen LogP contribution in [0.5, 0.6) is 0 Å². The van der Waals surface area contributed by atoms with E-state index in [1.165, 1.54) is 6.07 Å². The molecule has 2 rings (SSSR count). The minimum absolute atomic E-state index is 0.128. The van der Waals surface area contributed by atoms with Crippen molar-refractivity contribution >= 4 is 23.2 Å². The summed E-state index contributed by atoms with van der Waals surface area (Å²) in [5.41, 5.74) is 3.21. The number of aryl methyl sites for hydroxylation is 2. The summed E-state index contributed by atoms with van der Waals surface area (Å²) in [4.78, 5) is 11.8. The van der Waals surface area contributed by atoms with Gasteiger partial charge in [0.2, 0.25) is 5.91 Å². The van der Waals surface area contributed by atoms with Crippen molar-refractivity contribution in [2.45, 2.75) is 20.4 Å². The first-order chi connectivity index (χ1) is 10.5. The van der Waals surface area contributed by atoms with Crippen LogP contribution in [0.25, 0.3) is 0 Å². The molecular weight excluding hydrogens is 303 g/mol. The lowest BCUT2D eigenvalue weighted by Crippen LogP contribution is -2.29. The highest BCUT2D eigenvalue weighted by Gasteiger charge is 2.05. The van der Waals surface area contributed by atoms with Gasteiger partial charge in [-0.2, -0.15) is 0 Å². The van der Waals surface area contributed by atoms with Crippen molar-refractivity contribution in [1.82, 2.24) is 5.32 Å². The van der Waals surface area contributed by atoms with E-state index >= 15 is 0 Å². The molecule has 0 atom stereocenters. The molecule has 1 amide bonds. The fourth-order valence-corrected chi connectivity index (χ4v) is 2.32. The average Bonchev–Trinajstić information content (AvgIpc) is 2.47. The van der Waals surface area contributed by atoms with Gasteiger partial charge in [0.1, 0.15) is 5.82 Å². The van der Waals surface area contributed by atoms with Crippen LogP contribution in [-0.2, 0) is 11.3 Å². The Bertz CT molecular complexity index is 688. The molecule has 0 saturated heterocycles. The molecule has 0 fully saturated rings. The molecule has 0 aliphatic carbocycles. The predicted molar refractivity (Wildman–Crippen MR) is 87.7 cm³/mol. The maximum Gasteiger partial charge on any atom is 0.239 e. The fraction of sp³-hybridized carbons (Fsp3) is 0.235. The molecule has 2 N–H and O–H groups in total. The quantitative estimate of drug-likeness (QED) is 0.879. The Labute approximate surface area is 134 Å². The second kappa shape index (κ2) is 7.27. The van der Waals surface area contributed by atoms with Crippen molar-refractivity contribution in [3.63, 3.8) is 0 Å². The van der Waals surface area contributed by atoms with Crippen molar-refractivity contribution in [2.75, 3.05) is 11.9 Å². The molecule has 116 valence electrons. The summed E-state index contributed by atoms with van der Waals surface area (Å²) in [5, 5.41) is 6.36. The van der Waals surface area contributed by atoms with Crippen LogP contribution in [0.1, 0.15) is 16.7 Å². The largest absolute Gasteiger partial charge is 0.375 e. The first-order valence-electron chi connectivity index (χ1n) is 6.97. The lowest BCUT2D eigenvalue weighted by molar-refractivity contribution is -0.119. The SMILES string of the molecule is Cc1ccc(NCC(=O)NCc2ccc(F)c(C)c2)c(Cl)c1. The number of nitrogens with one attached hydrogen (secondary N) is 2. The Balaban J connectivity index is 1.84. The first kappa shape index (κ1) is 16.3. The number of rotatable bonds is 5. The molecule has 0 aliphatic heterocycles. The number of carbonyl (C=O) groups excluding carboxylic acids is 1. The van der Waals surface area contributed by atoms with Crippen LogP contribution in [0, 0.1) is 19.7 Å². The second-order valence-corrected chi connectivity index (χ2v) is 5.60. The highest BCUT2D eigenvalue weighted by Crippen LogP contribution is 2.22. The smallest absolute Gasteiger partial charge is 0.239 e. The standard InChI is InChI=1S/C17H18ClFN2O/c1-11-3-6-16(14(18)7-11)20-10-17(22)21-9-13-4-5-15(19)12(2)8-13/h3-8,20H,9-10H2,1-2H3,(H,21,22). The molecule has 2 aromatic carbocycles. The number of amides is 1. The molecule has 2 aromatic rings. The molecule has 0 aromatic heterocycles. The van der Waals surface area contributed by atoms with Crippen LogP contribution < -0.4 is 10.6 Å². The van der Waals surface area contributed by atoms with Crippen molar-refractivity contribution < 1.29 is 9.18 Å². The lowest BCUT2D eigenvalue weighted by Gasteiger charge is -2.10. The molecule has 0 spiro atoms. The van der Waals surface area contributed by atoms with Crippen LogP contribution in [0.4, 0.5) is 10.1 Å². The lowest BCUT2D eigenvalue weighted by atomic mass is 10.1. The molecule has 0 radical (unpaired) electrons. The predicted octanol–water partition coefficient (Wildman–Crippen LogP) is 3.82. The summed E-state index contributed by atoms with van der Waals surface area (Å²) in [5.74, 6) is -0.399. The third kappa shape index (κ3) is 4.46. The van der Waals surface area contributed by atoms with Gasteiger partial charge in [-0.05, 0) is 48.7 Å². The maximum absolute atomic E-state index is 13.2. The Morgan fingerprint density at radius 3 is 2.64 bits per heavy atom. The number of halogens is 2. The van der Waals surface area contributed by atoms with Crippen molar-refractivity contribution in [1.29, 1.82) is 0 Å². The van der Waals surface area contributed by atoms with E-state index in [1.807, 2.05) is 25.1 Å².